The smallest absolute Gasteiger partial charge is 0.246 e. The van der Waals surface area contributed by atoms with Crippen LogP contribution in [-0.2, 0) is 22.4 Å². The standard InChI is InChI=1S/C24H27N3O2/c28-22-10-9-21-16-20(17-25-24(21)26-22)8-11-23(29)27-13-4-7-19(12-14-27)15-18-5-2-1-3-6-18/h1-3,5-6,8,11,16-17,19H,4,7,9-10,12-15H2,(H,25,26,28)/b11-8+. The van der Waals surface area contributed by atoms with Gasteiger partial charge >= 0.3 is 0 Å². The van der Waals surface area contributed by atoms with Crippen LogP contribution in [0.15, 0.2) is 48.7 Å². The fourth-order valence-electron chi connectivity index (χ4n) is 4.18. The summed E-state index contributed by atoms with van der Waals surface area (Å²) in [6.45, 7) is 1.64. The summed E-state index contributed by atoms with van der Waals surface area (Å²) in [4.78, 5) is 30.4. The molecule has 0 saturated carbocycles. The van der Waals surface area contributed by atoms with Gasteiger partial charge < -0.3 is 10.2 Å². The number of anilines is 1. The van der Waals surface area contributed by atoms with Crippen molar-refractivity contribution in [3.05, 3.63) is 65.4 Å². The van der Waals surface area contributed by atoms with Gasteiger partial charge in [0.2, 0.25) is 11.8 Å². The van der Waals surface area contributed by atoms with E-state index in [-0.39, 0.29) is 11.8 Å². The van der Waals surface area contributed by atoms with E-state index in [9.17, 15) is 9.59 Å². The first kappa shape index (κ1) is 19.4. The summed E-state index contributed by atoms with van der Waals surface area (Å²) < 4.78 is 0. The van der Waals surface area contributed by atoms with Gasteiger partial charge in [-0.2, -0.15) is 0 Å². The molecule has 29 heavy (non-hydrogen) atoms. The van der Waals surface area contributed by atoms with Crippen molar-refractivity contribution in [2.45, 2.75) is 38.5 Å². The lowest BCUT2D eigenvalue weighted by molar-refractivity contribution is -0.126. The van der Waals surface area contributed by atoms with Gasteiger partial charge in [-0.3, -0.25) is 9.59 Å². The molecule has 2 aromatic rings. The minimum Gasteiger partial charge on any atom is -0.339 e. The Labute approximate surface area is 171 Å². The lowest BCUT2D eigenvalue weighted by atomic mass is 9.93. The lowest BCUT2D eigenvalue weighted by Crippen LogP contribution is -2.30. The molecule has 5 heteroatoms. The van der Waals surface area contributed by atoms with Gasteiger partial charge in [-0.15, -0.1) is 0 Å². The minimum atomic E-state index is 0.00945. The summed E-state index contributed by atoms with van der Waals surface area (Å²) in [5.41, 5.74) is 3.30. The number of aromatic nitrogens is 1. The molecular weight excluding hydrogens is 362 g/mol. The number of rotatable bonds is 4. The number of carbonyl (C=O) groups excluding carboxylic acids is 2. The van der Waals surface area contributed by atoms with Crippen LogP contribution in [-0.4, -0.2) is 34.8 Å². The Bertz CT molecular complexity index is 908. The SMILES string of the molecule is O=C1CCc2cc(/C=C/C(=O)N3CCCC(Cc4ccccc4)CC3)cnc2N1. The molecular formula is C24H27N3O2. The van der Waals surface area contributed by atoms with Crippen LogP contribution in [0.25, 0.3) is 6.08 Å². The predicted octanol–water partition coefficient (Wildman–Crippen LogP) is 3.85. The minimum absolute atomic E-state index is 0.00945. The van der Waals surface area contributed by atoms with Crippen molar-refractivity contribution >= 4 is 23.7 Å². The number of pyridine rings is 1. The van der Waals surface area contributed by atoms with E-state index in [1.165, 1.54) is 12.0 Å². The largest absolute Gasteiger partial charge is 0.339 e. The molecule has 1 aromatic heterocycles. The third-order valence-electron chi connectivity index (χ3n) is 5.81. The first-order valence-electron chi connectivity index (χ1n) is 10.5. The highest BCUT2D eigenvalue weighted by Gasteiger charge is 2.20. The zero-order valence-corrected chi connectivity index (χ0v) is 16.6. The number of fused-ring (bicyclic) bond motifs is 1. The van der Waals surface area contributed by atoms with Gasteiger partial charge in [-0.05, 0) is 66.9 Å². The molecule has 0 aliphatic carbocycles. The molecule has 4 rings (SSSR count). The van der Waals surface area contributed by atoms with Gasteiger partial charge in [0.1, 0.15) is 5.82 Å². The summed E-state index contributed by atoms with van der Waals surface area (Å²) in [6, 6.07) is 12.6. The number of likely N-dealkylation sites (tertiary alicyclic amines) is 1. The molecule has 0 spiro atoms. The summed E-state index contributed by atoms with van der Waals surface area (Å²) >= 11 is 0. The van der Waals surface area contributed by atoms with Gasteiger partial charge in [0.25, 0.3) is 0 Å². The molecule has 150 valence electrons. The van der Waals surface area contributed by atoms with E-state index in [4.69, 9.17) is 0 Å². The zero-order chi connectivity index (χ0) is 20.1. The molecule has 2 aliphatic rings. The van der Waals surface area contributed by atoms with Crippen LogP contribution in [0, 0.1) is 5.92 Å². The van der Waals surface area contributed by atoms with E-state index in [0.29, 0.717) is 24.6 Å². The quantitative estimate of drug-likeness (QED) is 0.808. The van der Waals surface area contributed by atoms with Crippen molar-refractivity contribution in [3.8, 4) is 0 Å². The van der Waals surface area contributed by atoms with Crippen LogP contribution < -0.4 is 5.32 Å². The predicted molar refractivity (Wildman–Crippen MR) is 114 cm³/mol. The molecule has 1 unspecified atom stereocenters. The maximum absolute atomic E-state index is 12.7. The Balaban J connectivity index is 1.33. The molecule has 2 amide bonds. The third-order valence-corrected chi connectivity index (χ3v) is 5.81. The monoisotopic (exact) mass is 389 g/mol. The fraction of sp³-hybridized carbons (Fsp3) is 0.375. The topological polar surface area (TPSA) is 62.3 Å². The molecule has 2 aliphatic heterocycles. The van der Waals surface area contributed by atoms with Crippen LogP contribution in [0.3, 0.4) is 0 Å². The normalized spacial score (nSPS) is 19.5. The van der Waals surface area contributed by atoms with Crippen molar-refractivity contribution in [3.63, 3.8) is 0 Å². The molecule has 0 radical (unpaired) electrons. The average Bonchev–Trinajstić information content (AvgIpc) is 2.98. The Morgan fingerprint density at radius 1 is 1.17 bits per heavy atom. The Morgan fingerprint density at radius 2 is 2.03 bits per heavy atom. The highest BCUT2D eigenvalue weighted by atomic mass is 16.2. The second-order valence-electron chi connectivity index (χ2n) is 7.97. The van der Waals surface area contributed by atoms with E-state index >= 15 is 0 Å². The molecule has 0 bridgehead atoms. The van der Waals surface area contributed by atoms with Crippen LogP contribution in [0.5, 0.6) is 0 Å². The molecule has 5 nitrogen and oxygen atoms in total. The molecule has 3 heterocycles. The van der Waals surface area contributed by atoms with Gasteiger partial charge in [-0.1, -0.05) is 30.3 Å². The van der Waals surface area contributed by atoms with Crippen molar-refractivity contribution in [1.29, 1.82) is 0 Å². The van der Waals surface area contributed by atoms with Crippen LogP contribution >= 0.6 is 0 Å². The van der Waals surface area contributed by atoms with Crippen molar-refractivity contribution in [2.24, 2.45) is 5.92 Å². The van der Waals surface area contributed by atoms with Crippen LogP contribution in [0.1, 0.15) is 42.4 Å². The van der Waals surface area contributed by atoms with Gasteiger partial charge in [0.15, 0.2) is 0 Å². The maximum Gasteiger partial charge on any atom is 0.246 e. The van der Waals surface area contributed by atoms with Crippen LogP contribution in [0.2, 0.25) is 0 Å². The van der Waals surface area contributed by atoms with Crippen molar-refractivity contribution in [2.75, 3.05) is 18.4 Å². The lowest BCUT2D eigenvalue weighted by Gasteiger charge is -2.19. The fourth-order valence-corrected chi connectivity index (χ4v) is 4.18. The Kier molecular flexibility index (Phi) is 6.03. The highest BCUT2D eigenvalue weighted by molar-refractivity contribution is 5.93. The summed E-state index contributed by atoms with van der Waals surface area (Å²) in [5, 5.41) is 2.78. The Hall–Kier alpha value is -2.95. The van der Waals surface area contributed by atoms with Gasteiger partial charge in [0, 0.05) is 31.8 Å². The maximum atomic E-state index is 12.7. The molecule has 1 aromatic carbocycles. The van der Waals surface area contributed by atoms with Gasteiger partial charge in [0.05, 0.1) is 0 Å². The first-order chi connectivity index (χ1) is 14.2. The highest BCUT2D eigenvalue weighted by Crippen LogP contribution is 2.23. The summed E-state index contributed by atoms with van der Waals surface area (Å²) in [6.07, 6.45) is 10.7. The van der Waals surface area contributed by atoms with Crippen molar-refractivity contribution in [1.82, 2.24) is 9.88 Å². The number of hydrogen-bond acceptors (Lipinski definition) is 3. The van der Waals surface area contributed by atoms with E-state index in [1.54, 1.807) is 12.3 Å². The zero-order valence-electron chi connectivity index (χ0n) is 16.6. The average molecular weight is 389 g/mol. The van der Waals surface area contributed by atoms with Crippen molar-refractivity contribution < 1.29 is 9.59 Å². The van der Waals surface area contributed by atoms with Gasteiger partial charge in [-0.25, -0.2) is 4.98 Å². The number of benzene rings is 1. The molecule has 1 saturated heterocycles. The number of nitrogens with one attached hydrogen (secondary N) is 1. The Morgan fingerprint density at radius 3 is 2.90 bits per heavy atom. The van der Waals surface area contributed by atoms with E-state index in [0.717, 1.165) is 43.5 Å². The second kappa shape index (κ2) is 9.03. The van der Waals surface area contributed by atoms with Crippen LogP contribution in [0.4, 0.5) is 5.82 Å². The molecule has 1 atom stereocenters. The summed E-state index contributed by atoms with van der Waals surface area (Å²) in [7, 11) is 0. The van der Waals surface area contributed by atoms with E-state index < -0.39 is 0 Å². The molecule has 1 fully saturated rings. The second-order valence-corrected chi connectivity index (χ2v) is 7.97. The van der Waals surface area contributed by atoms with E-state index in [2.05, 4.69) is 40.6 Å². The summed E-state index contributed by atoms with van der Waals surface area (Å²) in [5.74, 6) is 1.35. The van der Waals surface area contributed by atoms with E-state index in [1.807, 2.05) is 17.0 Å². The molecule has 1 N–H and O–H groups in total. The number of hydrogen-bond donors (Lipinski definition) is 1. The first-order valence-corrected chi connectivity index (χ1v) is 10.5. The number of amides is 2. The number of aryl methyl sites for hydroxylation is 1. The number of nitrogens with zero attached hydrogens (tertiary/aromatic N) is 2. The third kappa shape index (κ3) is 5.11. The number of carbonyl (C=O) groups is 2.